The van der Waals surface area contributed by atoms with E-state index in [1.54, 1.807) is 6.26 Å². The zero-order valence-electron chi connectivity index (χ0n) is 18.6. The van der Waals surface area contributed by atoms with E-state index in [4.69, 9.17) is 21.1 Å². The maximum absolute atomic E-state index is 12.8. The summed E-state index contributed by atoms with van der Waals surface area (Å²) in [5.41, 5.74) is 3.54. The van der Waals surface area contributed by atoms with Crippen molar-refractivity contribution in [2.45, 2.75) is 33.2 Å². The first-order chi connectivity index (χ1) is 16.0. The molecule has 1 aromatic carbocycles. The van der Waals surface area contributed by atoms with E-state index in [1.165, 1.54) is 0 Å². The SMILES string of the molecule is Cc1nnc(N2CCC[C@@H](C(=O)NCc3ccco3)C2)c2nn(-c3ccc(Cl)cc3)c(C)c12. The molecule has 4 heterocycles. The molecule has 5 rings (SSSR count). The second-order valence-electron chi connectivity index (χ2n) is 8.39. The maximum Gasteiger partial charge on any atom is 0.225 e. The molecule has 33 heavy (non-hydrogen) atoms. The van der Waals surface area contributed by atoms with Crippen LogP contribution in [0.1, 0.15) is 30.0 Å². The van der Waals surface area contributed by atoms with E-state index in [0.29, 0.717) is 18.1 Å². The lowest BCUT2D eigenvalue weighted by molar-refractivity contribution is -0.125. The molecular formula is C24H25ClN6O2. The van der Waals surface area contributed by atoms with Gasteiger partial charge in [0.05, 0.1) is 41.2 Å². The lowest BCUT2D eigenvalue weighted by Crippen LogP contribution is -2.43. The number of nitrogens with one attached hydrogen (secondary N) is 1. The summed E-state index contributed by atoms with van der Waals surface area (Å²) in [6, 6.07) is 11.3. The van der Waals surface area contributed by atoms with Crippen LogP contribution < -0.4 is 10.2 Å². The molecule has 1 amide bonds. The van der Waals surface area contributed by atoms with Crippen LogP contribution in [0, 0.1) is 19.8 Å². The number of hydrogen-bond acceptors (Lipinski definition) is 6. The quantitative estimate of drug-likeness (QED) is 0.476. The summed E-state index contributed by atoms with van der Waals surface area (Å²) in [7, 11) is 0. The highest BCUT2D eigenvalue weighted by Gasteiger charge is 2.29. The van der Waals surface area contributed by atoms with Gasteiger partial charge < -0.3 is 14.6 Å². The van der Waals surface area contributed by atoms with Crippen molar-refractivity contribution >= 4 is 34.2 Å². The minimum atomic E-state index is -0.133. The van der Waals surface area contributed by atoms with Crippen LogP contribution in [-0.4, -0.2) is 39.0 Å². The second-order valence-corrected chi connectivity index (χ2v) is 8.83. The summed E-state index contributed by atoms with van der Waals surface area (Å²) >= 11 is 6.07. The number of anilines is 1. The number of piperidine rings is 1. The number of hydrogen-bond donors (Lipinski definition) is 1. The molecule has 0 bridgehead atoms. The third-order valence-electron chi connectivity index (χ3n) is 6.16. The van der Waals surface area contributed by atoms with Gasteiger partial charge in [0.15, 0.2) is 5.82 Å². The Labute approximate surface area is 196 Å². The predicted octanol–water partition coefficient (Wildman–Crippen LogP) is 4.21. The van der Waals surface area contributed by atoms with Crippen LogP contribution in [0.2, 0.25) is 5.02 Å². The van der Waals surface area contributed by atoms with Crippen LogP contribution in [0.15, 0.2) is 47.1 Å². The molecule has 0 radical (unpaired) electrons. The minimum absolute atomic E-state index is 0.0234. The normalized spacial score (nSPS) is 16.3. The van der Waals surface area contributed by atoms with Crippen molar-refractivity contribution < 1.29 is 9.21 Å². The Hall–Kier alpha value is -3.39. The molecule has 0 unspecified atom stereocenters. The molecular weight excluding hydrogens is 440 g/mol. The van der Waals surface area contributed by atoms with E-state index in [1.807, 2.05) is 54.9 Å². The summed E-state index contributed by atoms with van der Waals surface area (Å²) in [5, 5.41) is 18.5. The molecule has 1 atom stereocenters. The number of benzene rings is 1. The van der Waals surface area contributed by atoms with Crippen LogP contribution in [0.5, 0.6) is 0 Å². The van der Waals surface area contributed by atoms with E-state index in [-0.39, 0.29) is 11.8 Å². The minimum Gasteiger partial charge on any atom is -0.467 e. The average molecular weight is 465 g/mol. The molecule has 3 aromatic heterocycles. The molecule has 1 fully saturated rings. The monoisotopic (exact) mass is 464 g/mol. The first-order valence-electron chi connectivity index (χ1n) is 11.0. The largest absolute Gasteiger partial charge is 0.467 e. The molecule has 1 N–H and O–H groups in total. The molecule has 8 nitrogen and oxygen atoms in total. The van der Waals surface area contributed by atoms with Gasteiger partial charge in [-0.05, 0) is 63.1 Å². The zero-order chi connectivity index (χ0) is 22.9. The van der Waals surface area contributed by atoms with Gasteiger partial charge in [0.1, 0.15) is 11.3 Å². The number of nitrogens with zero attached hydrogens (tertiary/aromatic N) is 5. The Bertz CT molecular complexity index is 1280. The molecule has 1 aliphatic rings. The summed E-state index contributed by atoms with van der Waals surface area (Å²) in [6.45, 7) is 5.75. The molecule has 0 spiro atoms. The van der Waals surface area contributed by atoms with E-state index in [9.17, 15) is 4.79 Å². The molecule has 1 aliphatic heterocycles. The Balaban J connectivity index is 1.43. The van der Waals surface area contributed by atoms with Gasteiger partial charge in [-0.1, -0.05) is 11.6 Å². The Kier molecular flexibility index (Phi) is 5.76. The number of carbonyl (C=O) groups excluding carboxylic acids is 1. The second kappa shape index (κ2) is 8.86. The van der Waals surface area contributed by atoms with Crippen LogP contribution in [0.25, 0.3) is 16.6 Å². The summed E-state index contributed by atoms with van der Waals surface area (Å²) in [5.74, 6) is 1.35. The van der Waals surface area contributed by atoms with Gasteiger partial charge in [0.25, 0.3) is 0 Å². The number of fused-ring (bicyclic) bond motifs is 1. The topological polar surface area (TPSA) is 89.1 Å². The fourth-order valence-electron chi connectivity index (χ4n) is 4.47. The Morgan fingerprint density at radius 3 is 2.79 bits per heavy atom. The number of rotatable bonds is 5. The van der Waals surface area contributed by atoms with Crippen molar-refractivity contribution in [2.24, 2.45) is 5.92 Å². The summed E-state index contributed by atoms with van der Waals surface area (Å²) in [6.07, 6.45) is 3.34. The third kappa shape index (κ3) is 4.18. The first-order valence-corrected chi connectivity index (χ1v) is 11.4. The van der Waals surface area contributed by atoms with Gasteiger partial charge in [-0.25, -0.2) is 4.68 Å². The highest BCUT2D eigenvalue weighted by atomic mass is 35.5. The van der Waals surface area contributed by atoms with Crippen LogP contribution in [0.4, 0.5) is 5.82 Å². The van der Waals surface area contributed by atoms with Crippen molar-refractivity contribution in [3.8, 4) is 5.69 Å². The standard InChI is InChI=1S/C24H25ClN6O2/c1-15-21-16(2)31(19-9-7-18(25)8-10-19)29-22(21)23(28-27-15)30-11-3-5-17(14-30)24(32)26-13-20-6-4-12-33-20/h4,6-10,12,17H,3,5,11,13-14H2,1-2H3,(H,26,32)/t17-/m1/s1. The summed E-state index contributed by atoms with van der Waals surface area (Å²) < 4.78 is 7.22. The highest BCUT2D eigenvalue weighted by Crippen LogP contribution is 2.31. The number of aryl methyl sites for hydroxylation is 2. The molecule has 0 saturated carbocycles. The van der Waals surface area contributed by atoms with Gasteiger partial charge in [-0.15, -0.1) is 5.10 Å². The fourth-order valence-corrected chi connectivity index (χ4v) is 4.60. The van der Waals surface area contributed by atoms with Crippen molar-refractivity contribution in [3.63, 3.8) is 0 Å². The van der Waals surface area contributed by atoms with E-state index in [0.717, 1.165) is 58.9 Å². The van der Waals surface area contributed by atoms with Crippen LogP contribution in [-0.2, 0) is 11.3 Å². The Morgan fingerprint density at radius 1 is 1.21 bits per heavy atom. The third-order valence-corrected chi connectivity index (χ3v) is 6.42. The average Bonchev–Trinajstić information content (AvgIpc) is 3.47. The highest BCUT2D eigenvalue weighted by molar-refractivity contribution is 6.30. The first kappa shape index (κ1) is 21.5. The van der Waals surface area contributed by atoms with Crippen molar-refractivity contribution in [1.29, 1.82) is 0 Å². The van der Waals surface area contributed by atoms with Gasteiger partial charge in [0.2, 0.25) is 5.91 Å². The number of halogens is 1. The van der Waals surface area contributed by atoms with Gasteiger partial charge in [-0.3, -0.25) is 4.79 Å². The van der Waals surface area contributed by atoms with Crippen molar-refractivity contribution in [1.82, 2.24) is 25.3 Å². The van der Waals surface area contributed by atoms with E-state index >= 15 is 0 Å². The number of furan rings is 1. The predicted molar refractivity (Wildman–Crippen MR) is 127 cm³/mol. The van der Waals surface area contributed by atoms with Crippen molar-refractivity contribution in [2.75, 3.05) is 18.0 Å². The van der Waals surface area contributed by atoms with Crippen LogP contribution in [0.3, 0.4) is 0 Å². The van der Waals surface area contributed by atoms with Gasteiger partial charge >= 0.3 is 0 Å². The van der Waals surface area contributed by atoms with Gasteiger partial charge in [0, 0.05) is 18.1 Å². The molecule has 4 aromatic rings. The maximum atomic E-state index is 12.8. The van der Waals surface area contributed by atoms with E-state index < -0.39 is 0 Å². The summed E-state index contributed by atoms with van der Waals surface area (Å²) in [4.78, 5) is 14.9. The van der Waals surface area contributed by atoms with Crippen LogP contribution >= 0.6 is 11.6 Å². The zero-order valence-corrected chi connectivity index (χ0v) is 19.3. The lowest BCUT2D eigenvalue weighted by Gasteiger charge is -2.32. The Morgan fingerprint density at radius 2 is 2.03 bits per heavy atom. The molecule has 0 aliphatic carbocycles. The fraction of sp³-hybridized carbons (Fsp3) is 0.333. The van der Waals surface area contributed by atoms with Crippen molar-refractivity contribution in [3.05, 3.63) is 64.8 Å². The van der Waals surface area contributed by atoms with E-state index in [2.05, 4.69) is 20.4 Å². The lowest BCUT2D eigenvalue weighted by atomic mass is 9.97. The number of carbonyl (C=O) groups is 1. The number of amides is 1. The molecule has 170 valence electrons. The molecule has 9 heteroatoms. The van der Waals surface area contributed by atoms with Gasteiger partial charge in [-0.2, -0.15) is 10.2 Å². The molecule has 1 saturated heterocycles. The number of aromatic nitrogens is 4. The smallest absolute Gasteiger partial charge is 0.225 e.